The molecule has 0 saturated heterocycles. The Morgan fingerprint density at radius 3 is 2.64 bits per heavy atom. The Morgan fingerprint density at radius 2 is 2.07 bits per heavy atom. The van der Waals surface area contributed by atoms with Crippen molar-refractivity contribution >= 4 is 29.0 Å². The minimum atomic E-state index is -0.508. The van der Waals surface area contributed by atoms with Crippen molar-refractivity contribution in [1.82, 2.24) is 0 Å². The van der Waals surface area contributed by atoms with Crippen LogP contribution in [0, 0.1) is 0 Å². The molecule has 0 heterocycles. The molecule has 0 bridgehead atoms. The lowest BCUT2D eigenvalue weighted by molar-refractivity contribution is 0.0656. The van der Waals surface area contributed by atoms with Gasteiger partial charge in [-0.05, 0) is 25.1 Å². The Hall–Kier alpha value is -0.570. The van der Waals surface area contributed by atoms with Gasteiger partial charge >= 0.3 is 0 Å². The molecule has 0 aromatic heterocycles. The average molecular weight is 233 g/mol. The summed E-state index contributed by atoms with van der Waals surface area (Å²) in [5.41, 5.74) is 0.397. The highest BCUT2D eigenvalue weighted by atomic mass is 35.5. The van der Waals surface area contributed by atoms with E-state index in [9.17, 15) is 4.79 Å². The van der Waals surface area contributed by atoms with E-state index in [2.05, 4.69) is 0 Å². The average Bonchev–Trinajstić information content (AvgIpc) is 2.19. The topological polar surface area (TPSA) is 26.3 Å². The molecule has 2 nitrogen and oxygen atoms in total. The van der Waals surface area contributed by atoms with Crippen molar-refractivity contribution in [3.8, 4) is 0 Å². The smallest absolute Gasteiger partial charge is 0.192 e. The summed E-state index contributed by atoms with van der Waals surface area (Å²) in [7, 11) is 1.47. The summed E-state index contributed by atoms with van der Waals surface area (Å²) in [5.74, 6) is -0.167. The van der Waals surface area contributed by atoms with E-state index in [0.29, 0.717) is 15.6 Å². The van der Waals surface area contributed by atoms with Crippen molar-refractivity contribution in [2.45, 2.75) is 13.0 Å². The third kappa shape index (κ3) is 2.47. The molecule has 1 unspecified atom stereocenters. The quantitative estimate of drug-likeness (QED) is 0.749. The number of carbonyl (C=O) groups excluding carboxylic acids is 1. The maximum atomic E-state index is 11.7. The van der Waals surface area contributed by atoms with Gasteiger partial charge < -0.3 is 4.74 Å². The van der Waals surface area contributed by atoms with Crippen LogP contribution in [-0.2, 0) is 4.74 Å². The van der Waals surface area contributed by atoms with E-state index < -0.39 is 6.10 Å². The van der Waals surface area contributed by atoms with Gasteiger partial charge in [-0.25, -0.2) is 0 Å². The van der Waals surface area contributed by atoms with E-state index in [1.54, 1.807) is 25.1 Å². The highest BCUT2D eigenvalue weighted by Gasteiger charge is 2.17. The molecule has 0 aliphatic carbocycles. The van der Waals surface area contributed by atoms with Gasteiger partial charge in [-0.1, -0.05) is 23.2 Å². The van der Waals surface area contributed by atoms with Gasteiger partial charge in [0.15, 0.2) is 5.78 Å². The predicted molar refractivity (Wildman–Crippen MR) is 57.3 cm³/mol. The second-order valence-electron chi connectivity index (χ2n) is 2.87. The summed E-state index contributed by atoms with van der Waals surface area (Å²) < 4.78 is 4.91. The number of rotatable bonds is 3. The Bertz CT molecular complexity index is 350. The normalized spacial score (nSPS) is 12.6. The highest BCUT2D eigenvalue weighted by molar-refractivity contribution is 6.36. The Balaban J connectivity index is 3.06. The van der Waals surface area contributed by atoms with E-state index in [1.807, 2.05) is 0 Å². The van der Waals surface area contributed by atoms with Gasteiger partial charge in [-0.2, -0.15) is 0 Å². The Kier molecular flexibility index (Phi) is 3.93. The van der Waals surface area contributed by atoms with Gasteiger partial charge in [-0.15, -0.1) is 0 Å². The molecule has 0 amide bonds. The lowest BCUT2D eigenvalue weighted by Gasteiger charge is -2.09. The van der Waals surface area contributed by atoms with E-state index in [4.69, 9.17) is 27.9 Å². The van der Waals surface area contributed by atoms with Crippen molar-refractivity contribution in [2.24, 2.45) is 0 Å². The fourth-order valence-corrected chi connectivity index (χ4v) is 1.40. The van der Waals surface area contributed by atoms with Crippen LogP contribution in [0.1, 0.15) is 17.3 Å². The molecule has 0 fully saturated rings. The number of benzene rings is 1. The van der Waals surface area contributed by atoms with Crippen LogP contribution in [0.2, 0.25) is 10.0 Å². The molecule has 0 aliphatic rings. The first-order valence-corrected chi connectivity index (χ1v) is 4.84. The maximum Gasteiger partial charge on any atom is 0.192 e. The van der Waals surface area contributed by atoms with Crippen molar-refractivity contribution in [3.05, 3.63) is 33.8 Å². The summed E-state index contributed by atoms with van der Waals surface area (Å²) in [5, 5.41) is 0.879. The highest BCUT2D eigenvalue weighted by Crippen LogP contribution is 2.22. The minimum Gasteiger partial charge on any atom is -0.374 e. The molecule has 14 heavy (non-hydrogen) atoms. The number of hydrogen-bond donors (Lipinski definition) is 0. The second kappa shape index (κ2) is 4.78. The fraction of sp³-hybridized carbons (Fsp3) is 0.300. The van der Waals surface area contributed by atoms with Gasteiger partial charge in [0.1, 0.15) is 6.10 Å². The standard InChI is InChI=1S/C10H10Cl2O2/c1-6(14-2)10(13)8-5-7(11)3-4-9(8)12/h3-6H,1-2H3. The number of ether oxygens (including phenoxy) is 1. The van der Waals surface area contributed by atoms with E-state index >= 15 is 0 Å². The zero-order valence-electron chi connectivity index (χ0n) is 7.88. The summed E-state index contributed by atoms with van der Waals surface area (Å²) in [6, 6.07) is 4.78. The van der Waals surface area contributed by atoms with E-state index in [0.717, 1.165) is 0 Å². The van der Waals surface area contributed by atoms with Gasteiger partial charge in [-0.3, -0.25) is 4.79 Å². The summed E-state index contributed by atoms with van der Waals surface area (Å²) >= 11 is 11.6. The van der Waals surface area contributed by atoms with Crippen molar-refractivity contribution in [3.63, 3.8) is 0 Å². The van der Waals surface area contributed by atoms with Crippen LogP contribution >= 0.6 is 23.2 Å². The van der Waals surface area contributed by atoms with E-state index in [-0.39, 0.29) is 5.78 Å². The lowest BCUT2D eigenvalue weighted by atomic mass is 10.1. The summed E-state index contributed by atoms with van der Waals surface area (Å²) in [4.78, 5) is 11.7. The number of hydrogen-bond acceptors (Lipinski definition) is 2. The van der Waals surface area contributed by atoms with Crippen LogP contribution in [0.5, 0.6) is 0 Å². The number of halogens is 2. The molecule has 0 aliphatic heterocycles. The van der Waals surface area contributed by atoms with Crippen LogP contribution in [0.15, 0.2) is 18.2 Å². The van der Waals surface area contributed by atoms with Crippen molar-refractivity contribution in [1.29, 1.82) is 0 Å². The molecule has 76 valence electrons. The third-order valence-electron chi connectivity index (χ3n) is 1.92. The number of carbonyl (C=O) groups is 1. The van der Waals surface area contributed by atoms with Crippen molar-refractivity contribution in [2.75, 3.05) is 7.11 Å². The molecule has 0 radical (unpaired) electrons. The second-order valence-corrected chi connectivity index (χ2v) is 3.71. The van der Waals surface area contributed by atoms with Gasteiger partial charge in [0.05, 0.1) is 5.02 Å². The minimum absolute atomic E-state index is 0.167. The Labute approximate surface area is 92.8 Å². The van der Waals surface area contributed by atoms with Gasteiger partial charge in [0.25, 0.3) is 0 Å². The maximum absolute atomic E-state index is 11.7. The van der Waals surface area contributed by atoms with Gasteiger partial charge in [0, 0.05) is 17.7 Å². The molecule has 1 aromatic carbocycles. The first-order valence-electron chi connectivity index (χ1n) is 4.08. The molecule has 0 N–H and O–H groups in total. The SMILES string of the molecule is COC(C)C(=O)c1cc(Cl)ccc1Cl. The van der Waals surface area contributed by atoms with E-state index in [1.165, 1.54) is 7.11 Å². The largest absolute Gasteiger partial charge is 0.374 e. The monoisotopic (exact) mass is 232 g/mol. The predicted octanol–water partition coefficient (Wildman–Crippen LogP) is 3.21. The van der Waals surface area contributed by atoms with Crippen LogP contribution in [0.3, 0.4) is 0 Å². The molecule has 4 heteroatoms. The van der Waals surface area contributed by atoms with Crippen LogP contribution in [0.4, 0.5) is 0 Å². The molecular formula is C10H10Cl2O2. The zero-order chi connectivity index (χ0) is 10.7. The number of Topliss-reactive ketones (excluding diaryl/α,β-unsaturated/α-hetero) is 1. The van der Waals surface area contributed by atoms with Crippen LogP contribution in [-0.4, -0.2) is 19.0 Å². The Morgan fingerprint density at radius 1 is 1.43 bits per heavy atom. The molecule has 1 rings (SSSR count). The van der Waals surface area contributed by atoms with Crippen LogP contribution in [0.25, 0.3) is 0 Å². The molecule has 1 aromatic rings. The van der Waals surface area contributed by atoms with Crippen molar-refractivity contribution < 1.29 is 9.53 Å². The third-order valence-corrected chi connectivity index (χ3v) is 2.48. The summed E-state index contributed by atoms with van der Waals surface area (Å²) in [6.07, 6.45) is -0.508. The molecule has 1 atom stereocenters. The zero-order valence-corrected chi connectivity index (χ0v) is 9.39. The first-order chi connectivity index (χ1) is 6.56. The molecule has 0 saturated carbocycles. The number of methoxy groups -OCH3 is 1. The lowest BCUT2D eigenvalue weighted by Crippen LogP contribution is -2.19. The van der Waals surface area contributed by atoms with Crippen LogP contribution < -0.4 is 0 Å². The molecule has 0 spiro atoms. The summed E-state index contributed by atoms with van der Waals surface area (Å²) in [6.45, 7) is 1.67. The fourth-order valence-electron chi connectivity index (χ4n) is 1.01. The van der Waals surface area contributed by atoms with Gasteiger partial charge in [0.2, 0.25) is 0 Å². The molecular weight excluding hydrogens is 223 g/mol. The first kappa shape index (κ1) is 11.5. The number of ketones is 1.